The number of carbonyl (C=O) groups excluding carboxylic acids is 1. The lowest BCUT2D eigenvalue weighted by Gasteiger charge is -2.03. The summed E-state index contributed by atoms with van der Waals surface area (Å²) in [6, 6.07) is 13.7. The van der Waals surface area contributed by atoms with Crippen molar-refractivity contribution >= 4 is 39.1 Å². The van der Waals surface area contributed by atoms with Crippen LogP contribution in [0.15, 0.2) is 54.7 Å². The molecule has 0 aliphatic carbocycles. The van der Waals surface area contributed by atoms with E-state index in [1.807, 2.05) is 35.9 Å². The molecule has 0 saturated carbocycles. The number of pyridine rings is 1. The second-order valence-corrected chi connectivity index (χ2v) is 7.64. The fourth-order valence-electron chi connectivity index (χ4n) is 3.18. The third-order valence-corrected chi connectivity index (χ3v) is 5.76. The molecule has 4 aromatic heterocycles. The van der Waals surface area contributed by atoms with E-state index in [1.165, 1.54) is 23.5 Å². The van der Waals surface area contributed by atoms with Crippen LogP contribution in [0.2, 0.25) is 0 Å². The maximum Gasteiger partial charge on any atom is 0.268 e. The Morgan fingerprint density at radius 2 is 2.00 bits per heavy atom. The fraction of sp³-hybridized carbons (Fsp3) is 0.100. The van der Waals surface area contributed by atoms with Crippen molar-refractivity contribution in [1.82, 2.24) is 24.4 Å². The number of thiophene rings is 1. The molecule has 0 fully saturated rings. The lowest BCUT2D eigenvalue weighted by atomic mass is 10.2. The maximum atomic E-state index is 13.2. The first-order valence-corrected chi connectivity index (χ1v) is 9.72. The topological polar surface area (TPSA) is 77.1 Å². The molecule has 0 unspecified atom stereocenters. The summed E-state index contributed by atoms with van der Waals surface area (Å²) in [7, 11) is 0. The third kappa shape index (κ3) is 3.15. The molecule has 0 spiro atoms. The van der Waals surface area contributed by atoms with E-state index in [4.69, 9.17) is 0 Å². The van der Waals surface area contributed by atoms with E-state index in [0.717, 1.165) is 21.5 Å². The van der Waals surface area contributed by atoms with Crippen molar-refractivity contribution in [2.75, 3.05) is 5.32 Å². The molecule has 144 valence electrons. The minimum Gasteiger partial charge on any atom is -0.289 e. The van der Waals surface area contributed by atoms with E-state index >= 15 is 0 Å². The van der Waals surface area contributed by atoms with Gasteiger partial charge in [-0.05, 0) is 42.8 Å². The summed E-state index contributed by atoms with van der Waals surface area (Å²) >= 11 is 1.36. The van der Waals surface area contributed by atoms with E-state index in [0.29, 0.717) is 23.0 Å². The normalized spacial score (nSPS) is 11.4. The van der Waals surface area contributed by atoms with Gasteiger partial charge in [-0.3, -0.25) is 19.2 Å². The van der Waals surface area contributed by atoms with Gasteiger partial charge in [-0.25, -0.2) is 4.39 Å². The molecule has 0 aliphatic heterocycles. The molecular formula is C20H15FN6OS. The Morgan fingerprint density at radius 1 is 1.17 bits per heavy atom. The number of hydrogen-bond acceptors (Lipinski definition) is 5. The van der Waals surface area contributed by atoms with Crippen molar-refractivity contribution in [3.05, 3.63) is 76.7 Å². The Labute approximate surface area is 168 Å². The van der Waals surface area contributed by atoms with Gasteiger partial charge in [0, 0.05) is 11.6 Å². The number of fused-ring (bicyclic) bond motifs is 2. The Hall–Kier alpha value is -3.59. The maximum absolute atomic E-state index is 13.2. The number of nitrogens with one attached hydrogen (secondary N) is 1. The molecule has 5 rings (SSSR count). The second-order valence-electron chi connectivity index (χ2n) is 6.61. The van der Waals surface area contributed by atoms with Gasteiger partial charge in [-0.1, -0.05) is 18.2 Å². The number of benzene rings is 1. The molecule has 0 saturated heterocycles. The van der Waals surface area contributed by atoms with Gasteiger partial charge in [0.1, 0.15) is 10.6 Å². The molecular weight excluding hydrogens is 391 g/mol. The molecule has 9 heteroatoms. The van der Waals surface area contributed by atoms with Crippen LogP contribution in [0.5, 0.6) is 0 Å². The summed E-state index contributed by atoms with van der Waals surface area (Å²) in [5.41, 5.74) is 2.43. The average molecular weight is 406 g/mol. The first-order chi connectivity index (χ1) is 14.1. The molecule has 29 heavy (non-hydrogen) atoms. The van der Waals surface area contributed by atoms with Crippen LogP contribution in [0, 0.1) is 12.7 Å². The molecule has 7 nitrogen and oxygen atoms in total. The first-order valence-electron chi connectivity index (χ1n) is 8.91. The van der Waals surface area contributed by atoms with Gasteiger partial charge in [0.05, 0.1) is 17.1 Å². The lowest BCUT2D eigenvalue weighted by Crippen LogP contribution is -2.12. The fourth-order valence-corrected chi connectivity index (χ4v) is 4.24. The number of anilines is 1. The van der Waals surface area contributed by atoms with Gasteiger partial charge in [0.25, 0.3) is 5.91 Å². The van der Waals surface area contributed by atoms with Crippen LogP contribution in [0.1, 0.15) is 20.9 Å². The van der Waals surface area contributed by atoms with Crippen molar-refractivity contribution in [3.63, 3.8) is 0 Å². The van der Waals surface area contributed by atoms with Crippen molar-refractivity contribution in [2.45, 2.75) is 13.5 Å². The van der Waals surface area contributed by atoms with Crippen molar-refractivity contribution in [1.29, 1.82) is 0 Å². The van der Waals surface area contributed by atoms with Gasteiger partial charge in [-0.2, -0.15) is 5.10 Å². The van der Waals surface area contributed by atoms with Gasteiger partial charge in [0.15, 0.2) is 5.65 Å². The summed E-state index contributed by atoms with van der Waals surface area (Å²) in [5.74, 6) is -0.156. The average Bonchev–Trinajstić information content (AvgIpc) is 3.40. The predicted octanol–water partition coefficient (Wildman–Crippen LogP) is 3.89. The Morgan fingerprint density at radius 3 is 2.83 bits per heavy atom. The van der Waals surface area contributed by atoms with Crippen molar-refractivity contribution in [2.24, 2.45) is 0 Å². The summed E-state index contributed by atoms with van der Waals surface area (Å²) in [6.45, 7) is 2.41. The van der Waals surface area contributed by atoms with E-state index in [9.17, 15) is 9.18 Å². The minimum atomic E-state index is -0.272. The van der Waals surface area contributed by atoms with E-state index < -0.39 is 0 Å². The smallest absolute Gasteiger partial charge is 0.268 e. The molecule has 0 bridgehead atoms. The zero-order valence-corrected chi connectivity index (χ0v) is 16.2. The zero-order valence-electron chi connectivity index (χ0n) is 15.3. The van der Waals surface area contributed by atoms with Gasteiger partial charge >= 0.3 is 0 Å². The van der Waals surface area contributed by atoms with Crippen molar-refractivity contribution in [3.8, 4) is 0 Å². The number of carbonyl (C=O) groups is 1. The first kappa shape index (κ1) is 17.5. The standard InChI is InChI=1S/C20H15FN6OS/c1-12-15-10-16(18(28)22-20-24-23-17-4-2-3-9-26(17)20)29-19(15)27(25-12)11-13-5-7-14(21)8-6-13/h2-10H,11H2,1H3,(H,22,24,28). The van der Waals surface area contributed by atoms with Gasteiger partial charge in [-0.15, -0.1) is 21.5 Å². The Balaban J connectivity index is 1.45. The monoisotopic (exact) mass is 406 g/mol. The Kier molecular flexibility index (Phi) is 4.09. The number of nitrogens with zero attached hydrogens (tertiary/aromatic N) is 5. The molecule has 0 aliphatic rings. The van der Waals surface area contributed by atoms with Crippen LogP contribution in [0.4, 0.5) is 10.3 Å². The SMILES string of the molecule is Cc1nn(Cc2ccc(F)cc2)c2sc(C(=O)Nc3nnc4ccccn34)cc12. The quantitative estimate of drug-likeness (QED) is 0.491. The zero-order chi connectivity index (χ0) is 20.0. The highest BCUT2D eigenvalue weighted by atomic mass is 32.1. The van der Waals surface area contributed by atoms with E-state index in [1.54, 1.807) is 22.7 Å². The van der Waals surface area contributed by atoms with Crippen LogP contribution < -0.4 is 5.32 Å². The van der Waals surface area contributed by atoms with Crippen molar-refractivity contribution < 1.29 is 9.18 Å². The number of aryl methyl sites for hydroxylation is 1. The highest BCUT2D eigenvalue weighted by molar-refractivity contribution is 7.20. The highest BCUT2D eigenvalue weighted by Crippen LogP contribution is 2.29. The summed E-state index contributed by atoms with van der Waals surface area (Å²) in [4.78, 5) is 14.2. The largest absolute Gasteiger partial charge is 0.289 e. The molecule has 0 atom stereocenters. The van der Waals surface area contributed by atoms with Crippen LogP contribution in [-0.4, -0.2) is 30.3 Å². The van der Waals surface area contributed by atoms with E-state index in [-0.39, 0.29) is 11.7 Å². The second kappa shape index (κ2) is 6.78. The van der Waals surface area contributed by atoms with Crippen LogP contribution in [0.25, 0.3) is 15.9 Å². The number of aromatic nitrogens is 5. The number of halogens is 1. The molecule has 5 aromatic rings. The molecule has 0 radical (unpaired) electrons. The minimum absolute atomic E-state index is 0.253. The van der Waals surface area contributed by atoms with Gasteiger partial charge < -0.3 is 0 Å². The van der Waals surface area contributed by atoms with Crippen LogP contribution in [-0.2, 0) is 6.54 Å². The number of amides is 1. The summed E-state index contributed by atoms with van der Waals surface area (Å²) < 4.78 is 16.7. The van der Waals surface area contributed by atoms with Crippen LogP contribution in [0.3, 0.4) is 0 Å². The number of hydrogen-bond donors (Lipinski definition) is 1. The summed E-state index contributed by atoms with van der Waals surface area (Å²) in [6.07, 6.45) is 1.79. The predicted molar refractivity (Wildman–Crippen MR) is 109 cm³/mol. The van der Waals surface area contributed by atoms with Crippen LogP contribution >= 0.6 is 11.3 Å². The molecule has 4 heterocycles. The molecule has 1 amide bonds. The molecule has 1 aromatic carbocycles. The van der Waals surface area contributed by atoms with E-state index in [2.05, 4.69) is 20.6 Å². The lowest BCUT2D eigenvalue weighted by molar-refractivity contribution is 0.102. The Bertz CT molecular complexity index is 1350. The highest BCUT2D eigenvalue weighted by Gasteiger charge is 2.18. The summed E-state index contributed by atoms with van der Waals surface area (Å²) in [5, 5.41) is 16.4. The third-order valence-electron chi connectivity index (χ3n) is 4.62. The molecule has 1 N–H and O–H groups in total. The van der Waals surface area contributed by atoms with Gasteiger partial charge in [0.2, 0.25) is 5.95 Å². The number of rotatable bonds is 4.